The van der Waals surface area contributed by atoms with Gasteiger partial charge in [0.05, 0.1) is 0 Å². The second-order valence-corrected chi connectivity index (χ2v) is 12.5. The average Bonchev–Trinajstić information content (AvgIpc) is 2.41. The molecule has 5 heteroatoms. The smallest absolute Gasteiger partial charge is 0.0668 e. The molecule has 0 spiro atoms. The van der Waals surface area contributed by atoms with Crippen molar-refractivity contribution in [2.24, 2.45) is 6.99 Å². The number of rotatable bonds is 4. The van der Waals surface area contributed by atoms with Gasteiger partial charge in [-0.25, -0.2) is 0 Å². The SMILES string of the molecule is CC(C)(C)[N]=[Mo+2]=[N]C(C)(C)C.CCC(C)[N-]C(C)(C)C.CCC[N-]C(C)(C)C. The quantitative estimate of drug-likeness (QED) is 0.362. The maximum absolute atomic E-state index is 4.53. The maximum atomic E-state index is 4.53. The molecule has 1 atom stereocenters. The third-order valence-electron chi connectivity index (χ3n) is 2.64. The predicted molar refractivity (Wildman–Crippen MR) is 125 cm³/mol. The predicted octanol–water partition coefficient (Wildman–Crippen LogP) is 8.56. The van der Waals surface area contributed by atoms with E-state index in [1.54, 1.807) is 0 Å². The fourth-order valence-corrected chi connectivity index (χ4v) is 2.77. The van der Waals surface area contributed by atoms with Gasteiger partial charge in [-0.05, 0) is 0 Å². The van der Waals surface area contributed by atoms with E-state index in [1.807, 2.05) is 0 Å². The molecule has 170 valence electrons. The van der Waals surface area contributed by atoms with Crippen LogP contribution in [0, 0.1) is 0 Å². The molecular weight excluding hydrogens is 428 g/mol. The zero-order valence-electron chi connectivity index (χ0n) is 21.9. The van der Waals surface area contributed by atoms with Gasteiger partial charge in [-0.2, -0.15) is 0 Å². The Kier molecular flexibility index (Phi) is 17.7. The molecule has 0 aromatic carbocycles. The van der Waals surface area contributed by atoms with E-state index in [4.69, 9.17) is 0 Å². The van der Waals surface area contributed by atoms with Crippen LogP contribution in [-0.2, 0) is 18.2 Å². The molecule has 0 aromatic heterocycles. The van der Waals surface area contributed by atoms with Crippen LogP contribution < -0.4 is 0 Å². The Balaban J connectivity index is -0.000000340. The zero-order valence-corrected chi connectivity index (χ0v) is 23.9. The van der Waals surface area contributed by atoms with Crippen molar-refractivity contribution < 1.29 is 18.2 Å². The summed E-state index contributed by atoms with van der Waals surface area (Å²) in [6.07, 6.45) is 2.31. The fourth-order valence-electron chi connectivity index (χ4n) is 1.47. The van der Waals surface area contributed by atoms with Crippen molar-refractivity contribution in [3.8, 4) is 0 Å². The Hall–Kier alpha value is 0.208. The van der Waals surface area contributed by atoms with E-state index < -0.39 is 18.2 Å². The summed E-state index contributed by atoms with van der Waals surface area (Å²) >= 11 is -0.473. The molecule has 0 aromatic rings. The molecule has 0 saturated heterocycles. The summed E-state index contributed by atoms with van der Waals surface area (Å²) in [5.41, 5.74) is 0.541. The van der Waals surface area contributed by atoms with Crippen molar-refractivity contribution in [1.29, 1.82) is 0 Å². The largest absolute Gasteiger partial charge is 0.657 e. The van der Waals surface area contributed by atoms with Crippen molar-refractivity contribution >= 4 is 0 Å². The van der Waals surface area contributed by atoms with Gasteiger partial charge in [-0.15, -0.1) is 23.7 Å². The van der Waals surface area contributed by atoms with Crippen molar-refractivity contribution in [3.05, 3.63) is 10.6 Å². The summed E-state index contributed by atoms with van der Waals surface area (Å²) < 4.78 is 9.01. The van der Waals surface area contributed by atoms with E-state index in [1.165, 1.54) is 0 Å². The zero-order chi connectivity index (χ0) is 23.2. The second-order valence-electron chi connectivity index (χ2n) is 11.2. The van der Waals surface area contributed by atoms with E-state index in [-0.39, 0.29) is 22.2 Å². The number of nitrogens with zero attached hydrogens (tertiary/aromatic N) is 4. The molecule has 0 fully saturated rings. The van der Waals surface area contributed by atoms with Gasteiger partial charge >= 0.3 is 77.8 Å². The van der Waals surface area contributed by atoms with Gasteiger partial charge in [-0.1, -0.05) is 75.2 Å². The van der Waals surface area contributed by atoms with Crippen LogP contribution in [0.2, 0.25) is 0 Å². The van der Waals surface area contributed by atoms with Gasteiger partial charge in [0, 0.05) is 0 Å². The first kappa shape index (κ1) is 32.9. The average molecular weight is 481 g/mol. The van der Waals surface area contributed by atoms with E-state index in [0.29, 0.717) is 6.04 Å². The van der Waals surface area contributed by atoms with E-state index in [9.17, 15) is 0 Å². The van der Waals surface area contributed by atoms with Gasteiger partial charge in [0.25, 0.3) is 0 Å². The first-order valence-electron chi connectivity index (χ1n) is 10.7. The van der Waals surface area contributed by atoms with Crippen LogP contribution in [0.5, 0.6) is 0 Å². The summed E-state index contributed by atoms with van der Waals surface area (Å²) in [5.74, 6) is 0. The summed E-state index contributed by atoms with van der Waals surface area (Å²) in [6.45, 7) is 33.0. The molecule has 0 amide bonds. The Bertz CT molecular complexity index is 407. The Morgan fingerprint density at radius 2 is 1.11 bits per heavy atom. The molecule has 4 nitrogen and oxygen atoms in total. The van der Waals surface area contributed by atoms with Crippen LogP contribution in [-0.4, -0.2) is 34.7 Å². The number of hydrogen-bond donors (Lipinski definition) is 0. The van der Waals surface area contributed by atoms with Crippen LogP contribution in [0.25, 0.3) is 10.6 Å². The Labute approximate surface area is 187 Å². The van der Waals surface area contributed by atoms with Crippen LogP contribution in [0.3, 0.4) is 0 Å². The molecule has 0 heterocycles. The first-order valence-corrected chi connectivity index (χ1v) is 12.5. The topological polar surface area (TPSA) is 52.9 Å². The van der Waals surface area contributed by atoms with Gasteiger partial charge in [0.15, 0.2) is 0 Å². The normalized spacial score (nSPS) is 13.2. The third-order valence-corrected chi connectivity index (χ3v) is 5.73. The Morgan fingerprint density at radius 1 is 0.714 bits per heavy atom. The monoisotopic (exact) mass is 482 g/mol. The minimum absolute atomic E-state index is 0.108. The molecule has 0 aliphatic carbocycles. The molecule has 0 rings (SSSR count). The van der Waals surface area contributed by atoms with Crippen LogP contribution >= 0.6 is 0 Å². The van der Waals surface area contributed by atoms with Crippen molar-refractivity contribution in [3.63, 3.8) is 0 Å². The van der Waals surface area contributed by atoms with Gasteiger partial charge in [0.1, 0.15) is 0 Å². The van der Waals surface area contributed by atoms with Crippen molar-refractivity contribution in [1.82, 2.24) is 0 Å². The molecular formula is C23H52MoN4. The van der Waals surface area contributed by atoms with Crippen LogP contribution in [0.15, 0.2) is 6.99 Å². The molecule has 0 radical (unpaired) electrons. The molecule has 0 saturated carbocycles. The van der Waals surface area contributed by atoms with Gasteiger partial charge in [-0.3, -0.25) is 0 Å². The van der Waals surface area contributed by atoms with Crippen molar-refractivity contribution in [2.75, 3.05) is 6.54 Å². The van der Waals surface area contributed by atoms with Crippen LogP contribution in [0.1, 0.15) is 117 Å². The minimum atomic E-state index is -0.473. The van der Waals surface area contributed by atoms with Gasteiger partial charge in [0.2, 0.25) is 0 Å². The van der Waals surface area contributed by atoms with E-state index in [2.05, 4.69) is 121 Å². The van der Waals surface area contributed by atoms with E-state index >= 15 is 0 Å². The van der Waals surface area contributed by atoms with E-state index in [0.717, 1.165) is 19.4 Å². The minimum Gasteiger partial charge on any atom is -0.657 e. The third kappa shape index (κ3) is 40.8. The molecule has 28 heavy (non-hydrogen) atoms. The molecule has 0 bridgehead atoms. The first-order chi connectivity index (χ1) is 12.2. The van der Waals surface area contributed by atoms with Crippen molar-refractivity contribution in [2.45, 2.75) is 145 Å². The summed E-state index contributed by atoms with van der Waals surface area (Å²) in [5, 5.41) is 8.90. The Morgan fingerprint density at radius 3 is 1.25 bits per heavy atom. The van der Waals surface area contributed by atoms with Gasteiger partial charge < -0.3 is 10.6 Å². The summed E-state index contributed by atoms with van der Waals surface area (Å²) in [6, 6.07) is 0.519. The number of hydrogen-bond acceptors (Lipinski definition) is 2. The molecule has 1 unspecified atom stereocenters. The standard InChI is InChI=1S/C8H18N.C7H16N.2C4H9N.Mo/c1-6-7(2)9-8(3,4)5;1-5-6-8-7(2,3)4;2*1-4(2,3)5;/h7H,6H2,1-5H3;5-6H2,1-4H3;2*1-3H3;/q2*-1;;;+2. The maximum Gasteiger partial charge on any atom is -0.0668 e. The summed E-state index contributed by atoms with van der Waals surface area (Å²) in [4.78, 5) is 0. The second kappa shape index (κ2) is 15.1. The fraction of sp³-hybridized carbons (Fsp3) is 1.00. The molecule has 0 aliphatic heterocycles. The molecule has 0 aliphatic rings. The molecule has 0 N–H and O–H groups in total. The van der Waals surface area contributed by atoms with Crippen LogP contribution in [0.4, 0.5) is 0 Å². The summed E-state index contributed by atoms with van der Waals surface area (Å²) in [7, 11) is 0.